The number of hydrogen-bond acceptors (Lipinski definition) is 4. The molecule has 0 saturated carbocycles. The highest BCUT2D eigenvalue weighted by Crippen LogP contribution is 2.27. The highest BCUT2D eigenvalue weighted by Gasteiger charge is 2.11. The Bertz CT molecular complexity index is 529. The van der Waals surface area contributed by atoms with Gasteiger partial charge in [-0.1, -0.05) is 11.6 Å². The van der Waals surface area contributed by atoms with Crippen LogP contribution in [0.25, 0.3) is 0 Å². The summed E-state index contributed by atoms with van der Waals surface area (Å²) in [5, 5.41) is 7.00. The number of thiazole rings is 1. The smallest absolute Gasteiger partial charge is 0.140 e. The lowest BCUT2D eigenvalue weighted by atomic mass is 10.3. The van der Waals surface area contributed by atoms with Crippen LogP contribution in [0.15, 0.2) is 22.1 Å². The Morgan fingerprint density at radius 2 is 2.29 bits per heavy atom. The average molecular weight is 333 g/mol. The zero-order chi connectivity index (χ0) is 12.4. The molecule has 2 rings (SSSR count). The Morgan fingerprint density at radius 1 is 1.53 bits per heavy atom. The van der Waals surface area contributed by atoms with Gasteiger partial charge in [-0.25, -0.2) is 9.97 Å². The predicted molar refractivity (Wildman–Crippen MR) is 75.8 cm³/mol. The standard InChI is InChI=1S/C11H11BrClN3S/c1-6-5-17-11(15-6)7(2)16-10-9(12)3-8(13)4-14-10/h3-5,7H,1-2H3,(H,14,16). The third kappa shape index (κ3) is 3.18. The van der Waals surface area contributed by atoms with Crippen molar-refractivity contribution < 1.29 is 0 Å². The Hall–Kier alpha value is -0.650. The number of pyridine rings is 1. The largest absolute Gasteiger partial charge is 0.360 e. The van der Waals surface area contributed by atoms with Gasteiger partial charge in [-0.15, -0.1) is 11.3 Å². The van der Waals surface area contributed by atoms with E-state index in [0.29, 0.717) is 5.02 Å². The van der Waals surface area contributed by atoms with E-state index in [9.17, 15) is 0 Å². The van der Waals surface area contributed by atoms with Crippen LogP contribution in [0, 0.1) is 6.92 Å². The molecule has 0 spiro atoms. The van der Waals surface area contributed by atoms with E-state index in [1.54, 1.807) is 17.5 Å². The number of anilines is 1. The summed E-state index contributed by atoms with van der Waals surface area (Å²) in [5.74, 6) is 0.773. The fraction of sp³-hybridized carbons (Fsp3) is 0.273. The summed E-state index contributed by atoms with van der Waals surface area (Å²) in [5.41, 5.74) is 1.04. The lowest BCUT2D eigenvalue weighted by molar-refractivity contribution is 0.854. The molecular formula is C11H11BrClN3S. The normalized spacial score (nSPS) is 12.5. The molecule has 0 aliphatic rings. The molecule has 0 radical (unpaired) electrons. The summed E-state index contributed by atoms with van der Waals surface area (Å²) in [6.07, 6.45) is 1.62. The number of halogens is 2. The molecule has 0 fully saturated rings. The van der Waals surface area contributed by atoms with E-state index in [1.165, 1.54) is 0 Å². The van der Waals surface area contributed by atoms with Crippen LogP contribution >= 0.6 is 38.9 Å². The van der Waals surface area contributed by atoms with Crippen molar-refractivity contribution in [3.05, 3.63) is 37.8 Å². The quantitative estimate of drug-likeness (QED) is 0.903. The van der Waals surface area contributed by atoms with E-state index in [4.69, 9.17) is 11.6 Å². The molecule has 0 aliphatic carbocycles. The Kier molecular flexibility index (Phi) is 4.01. The van der Waals surface area contributed by atoms with Crippen molar-refractivity contribution in [3.63, 3.8) is 0 Å². The summed E-state index contributed by atoms with van der Waals surface area (Å²) in [6, 6.07) is 1.94. The number of aromatic nitrogens is 2. The highest BCUT2D eigenvalue weighted by molar-refractivity contribution is 9.10. The van der Waals surface area contributed by atoms with Crippen LogP contribution in [-0.2, 0) is 0 Å². The molecule has 6 heteroatoms. The molecule has 1 N–H and O–H groups in total. The maximum Gasteiger partial charge on any atom is 0.140 e. The van der Waals surface area contributed by atoms with E-state index < -0.39 is 0 Å². The first-order chi connectivity index (χ1) is 8.06. The molecule has 90 valence electrons. The third-order valence-electron chi connectivity index (χ3n) is 2.17. The van der Waals surface area contributed by atoms with E-state index in [2.05, 4.69) is 38.1 Å². The van der Waals surface area contributed by atoms with Gasteiger partial charge in [0.1, 0.15) is 10.8 Å². The van der Waals surface area contributed by atoms with Crippen molar-refractivity contribution in [1.82, 2.24) is 9.97 Å². The molecule has 1 atom stereocenters. The van der Waals surface area contributed by atoms with Gasteiger partial charge < -0.3 is 5.32 Å². The van der Waals surface area contributed by atoms with Crippen LogP contribution in [0.3, 0.4) is 0 Å². The van der Waals surface area contributed by atoms with Crippen LogP contribution in [0.1, 0.15) is 23.7 Å². The minimum atomic E-state index is 0.124. The van der Waals surface area contributed by atoms with Crippen molar-refractivity contribution in [2.24, 2.45) is 0 Å². The second kappa shape index (κ2) is 5.33. The summed E-state index contributed by atoms with van der Waals surface area (Å²) in [6.45, 7) is 4.05. The number of aryl methyl sites for hydroxylation is 1. The Morgan fingerprint density at radius 3 is 2.88 bits per heavy atom. The first-order valence-corrected chi connectivity index (χ1v) is 7.11. The first kappa shape index (κ1) is 12.8. The molecule has 2 aromatic heterocycles. The van der Waals surface area contributed by atoms with Crippen molar-refractivity contribution >= 4 is 44.7 Å². The molecule has 0 bridgehead atoms. The van der Waals surface area contributed by atoms with Crippen molar-refractivity contribution in [3.8, 4) is 0 Å². The maximum absolute atomic E-state index is 5.84. The number of rotatable bonds is 3. The highest BCUT2D eigenvalue weighted by atomic mass is 79.9. The summed E-state index contributed by atoms with van der Waals surface area (Å²) < 4.78 is 0.852. The average Bonchev–Trinajstić information content (AvgIpc) is 2.69. The summed E-state index contributed by atoms with van der Waals surface area (Å²) >= 11 is 10.9. The van der Waals surface area contributed by atoms with Gasteiger partial charge in [-0.2, -0.15) is 0 Å². The van der Waals surface area contributed by atoms with Gasteiger partial charge in [0.05, 0.1) is 15.5 Å². The summed E-state index contributed by atoms with van der Waals surface area (Å²) in [7, 11) is 0. The van der Waals surface area contributed by atoms with Gasteiger partial charge in [0.25, 0.3) is 0 Å². The predicted octanol–water partition coefficient (Wildman–Crippen LogP) is 4.44. The van der Waals surface area contributed by atoms with Crippen LogP contribution in [0.5, 0.6) is 0 Å². The first-order valence-electron chi connectivity index (χ1n) is 5.06. The lowest BCUT2D eigenvalue weighted by Crippen LogP contribution is -2.08. The van der Waals surface area contributed by atoms with Crippen molar-refractivity contribution in [2.45, 2.75) is 19.9 Å². The lowest BCUT2D eigenvalue weighted by Gasteiger charge is -2.13. The Labute approximate surface area is 117 Å². The monoisotopic (exact) mass is 331 g/mol. The van der Waals surface area contributed by atoms with Crippen LogP contribution in [0.2, 0.25) is 5.02 Å². The second-order valence-electron chi connectivity index (χ2n) is 3.68. The molecule has 0 aliphatic heterocycles. The molecule has 0 saturated heterocycles. The summed E-state index contributed by atoms with van der Waals surface area (Å²) in [4.78, 5) is 8.68. The fourth-order valence-electron chi connectivity index (χ4n) is 1.36. The molecule has 3 nitrogen and oxygen atoms in total. The molecule has 0 aromatic carbocycles. The van der Waals surface area contributed by atoms with Gasteiger partial charge in [-0.05, 0) is 35.8 Å². The number of nitrogens with zero attached hydrogens (tertiary/aromatic N) is 2. The minimum absolute atomic E-state index is 0.124. The zero-order valence-electron chi connectivity index (χ0n) is 9.37. The molecule has 2 heterocycles. The van der Waals surface area contributed by atoms with Crippen LogP contribution < -0.4 is 5.32 Å². The number of nitrogens with one attached hydrogen (secondary N) is 1. The zero-order valence-corrected chi connectivity index (χ0v) is 12.5. The van der Waals surface area contributed by atoms with Crippen molar-refractivity contribution in [2.75, 3.05) is 5.32 Å². The maximum atomic E-state index is 5.84. The van der Waals surface area contributed by atoms with Gasteiger partial charge in [0.2, 0.25) is 0 Å². The number of hydrogen-bond donors (Lipinski definition) is 1. The van der Waals surface area contributed by atoms with Gasteiger partial charge in [-0.3, -0.25) is 0 Å². The van der Waals surface area contributed by atoms with Gasteiger partial charge >= 0.3 is 0 Å². The SMILES string of the molecule is Cc1csc(C(C)Nc2ncc(Cl)cc2Br)n1. The van der Waals surface area contributed by atoms with Crippen molar-refractivity contribution in [1.29, 1.82) is 0 Å². The van der Waals surface area contributed by atoms with E-state index in [0.717, 1.165) is 21.0 Å². The topological polar surface area (TPSA) is 37.8 Å². The van der Waals surface area contributed by atoms with Crippen LogP contribution in [0.4, 0.5) is 5.82 Å². The van der Waals surface area contributed by atoms with Gasteiger partial charge in [0.15, 0.2) is 0 Å². The molecule has 17 heavy (non-hydrogen) atoms. The van der Waals surface area contributed by atoms with E-state index in [-0.39, 0.29) is 6.04 Å². The Balaban J connectivity index is 2.15. The molecule has 0 amide bonds. The molecule has 1 unspecified atom stereocenters. The fourth-order valence-corrected chi connectivity index (χ4v) is 2.92. The second-order valence-corrected chi connectivity index (χ2v) is 5.86. The third-order valence-corrected chi connectivity index (χ3v) is 4.12. The van der Waals surface area contributed by atoms with Gasteiger partial charge in [0, 0.05) is 17.3 Å². The molecular weight excluding hydrogens is 322 g/mol. The van der Waals surface area contributed by atoms with Crippen LogP contribution in [-0.4, -0.2) is 9.97 Å². The minimum Gasteiger partial charge on any atom is -0.360 e. The van der Waals surface area contributed by atoms with E-state index >= 15 is 0 Å². The van der Waals surface area contributed by atoms with E-state index in [1.807, 2.05) is 18.4 Å². The molecule has 2 aromatic rings.